The molecule has 0 radical (unpaired) electrons. The monoisotopic (exact) mass is 529 g/mol. The molecule has 0 unspecified atom stereocenters. The van der Waals surface area contributed by atoms with Gasteiger partial charge in [-0.2, -0.15) is 0 Å². The molecule has 0 amide bonds. The van der Waals surface area contributed by atoms with Crippen LogP contribution in [0.5, 0.6) is 0 Å². The van der Waals surface area contributed by atoms with Crippen LogP contribution in [-0.4, -0.2) is 9.97 Å². The summed E-state index contributed by atoms with van der Waals surface area (Å²) in [4.78, 5) is 15.0. The summed E-state index contributed by atoms with van der Waals surface area (Å²) in [6.07, 6.45) is 0. The number of rotatable bonds is 3. The molecular weight excluding hydrogens is 506 g/mol. The van der Waals surface area contributed by atoms with Gasteiger partial charge in [-0.15, -0.1) is 0 Å². The van der Waals surface area contributed by atoms with Crippen molar-refractivity contribution < 1.29 is 0 Å². The van der Waals surface area contributed by atoms with Gasteiger partial charge in [-0.05, 0) is 65.4 Å². The van der Waals surface area contributed by atoms with E-state index in [1.165, 1.54) is 26.3 Å². The van der Waals surface area contributed by atoms with E-state index >= 15 is 0 Å². The molecule has 0 bridgehead atoms. The van der Waals surface area contributed by atoms with Crippen molar-refractivity contribution >= 4 is 50.5 Å². The molecular formula is C36H23N3S. The lowest BCUT2D eigenvalue weighted by Crippen LogP contribution is -2.14. The number of aromatic nitrogens is 2. The Labute approximate surface area is 236 Å². The SMILES string of the molecule is c1ccc(N2c3ccccc3Sc3cc(-c4nc(-c5ccc6ccccc6c5)c5ccccc5n4)ccc32)cc1. The molecule has 0 atom stereocenters. The average Bonchev–Trinajstić information content (AvgIpc) is 3.03. The maximum Gasteiger partial charge on any atom is 0.160 e. The highest BCUT2D eigenvalue weighted by Crippen LogP contribution is 2.52. The van der Waals surface area contributed by atoms with E-state index in [2.05, 4.69) is 138 Å². The van der Waals surface area contributed by atoms with Crippen LogP contribution in [-0.2, 0) is 0 Å². The molecule has 0 fully saturated rings. The van der Waals surface area contributed by atoms with Crippen LogP contribution in [0, 0.1) is 0 Å². The lowest BCUT2D eigenvalue weighted by molar-refractivity contribution is 1.16. The van der Waals surface area contributed by atoms with E-state index in [0.717, 1.165) is 44.9 Å². The third-order valence-corrected chi connectivity index (χ3v) is 8.54. The standard InChI is InChI=1S/C36H23N3S/c1-2-12-28(13-3-1)39-31-16-8-9-17-33(31)40-34-23-27(20-21-32(34)39)36-37-30-15-7-6-14-29(30)35(38-36)26-19-18-24-10-4-5-11-25(24)22-26/h1-23H. The number of nitrogens with zero attached hydrogens (tertiary/aromatic N) is 3. The predicted octanol–water partition coefficient (Wildman–Crippen LogP) is 10.1. The van der Waals surface area contributed by atoms with Crippen LogP contribution in [0.25, 0.3) is 44.3 Å². The maximum atomic E-state index is 5.18. The van der Waals surface area contributed by atoms with Crippen molar-refractivity contribution in [1.82, 2.24) is 9.97 Å². The van der Waals surface area contributed by atoms with Gasteiger partial charge in [0.1, 0.15) is 0 Å². The Morgan fingerprint density at radius 3 is 2.15 bits per heavy atom. The molecule has 1 aliphatic heterocycles. The van der Waals surface area contributed by atoms with Crippen LogP contribution in [0.4, 0.5) is 17.1 Å². The lowest BCUT2D eigenvalue weighted by Gasteiger charge is -2.33. The zero-order valence-corrected chi connectivity index (χ0v) is 22.3. The molecule has 7 aromatic rings. The number of benzene rings is 6. The highest BCUT2D eigenvalue weighted by atomic mass is 32.2. The Hall–Kier alpha value is -4.93. The van der Waals surface area contributed by atoms with E-state index in [1.807, 2.05) is 6.07 Å². The molecule has 0 N–H and O–H groups in total. The molecule has 6 aromatic carbocycles. The highest BCUT2D eigenvalue weighted by molar-refractivity contribution is 7.99. The number of para-hydroxylation sites is 3. The maximum absolute atomic E-state index is 5.18. The number of fused-ring (bicyclic) bond motifs is 4. The molecule has 4 heteroatoms. The predicted molar refractivity (Wildman–Crippen MR) is 167 cm³/mol. The van der Waals surface area contributed by atoms with Crippen molar-refractivity contribution in [2.24, 2.45) is 0 Å². The molecule has 0 saturated heterocycles. The average molecular weight is 530 g/mol. The van der Waals surface area contributed by atoms with Crippen molar-refractivity contribution in [3.63, 3.8) is 0 Å². The molecule has 1 aromatic heterocycles. The van der Waals surface area contributed by atoms with Gasteiger partial charge in [0.15, 0.2) is 5.82 Å². The summed E-state index contributed by atoms with van der Waals surface area (Å²) in [6, 6.07) is 49.0. The van der Waals surface area contributed by atoms with Gasteiger partial charge in [0.25, 0.3) is 0 Å². The fourth-order valence-electron chi connectivity index (χ4n) is 5.51. The minimum Gasteiger partial charge on any atom is -0.308 e. The van der Waals surface area contributed by atoms with Crippen molar-refractivity contribution in [1.29, 1.82) is 0 Å². The number of hydrogen-bond donors (Lipinski definition) is 0. The van der Waals surface area contributed by atoms with Gasteiger partial charge in [-0.3, -0.25) is 0 Å². The fraction of sp³-hybridized carbons (Fsp3) is 0. The first-order valence-electron chi connectivity index (χ1n) is 13.3. The second-order valence-electron chi connectivity index (χ2n) is 9.90. The Bertz CT molecular complexity index is 2050. The minimum atomic E-state index is 0.732. The van der Waals surface area contributed by atoms with Gasteiger partial charge in [0.2, 0.25) is 0 Å². The highest BCUT2D eigenvalue weighted by Gasteiger charge is 2.25. The van der Waals surface area contributed by atoms with Crippen molar-refractivity contribution in [3.8, 4) is 22.6 Å². The molecule has 40 heavy (non-hydrogen) atoms. The Balaban J connectivity index is 1.29. The molecule has 8 rings (SSSR count). The van der Waals surface area contributed by atoms with E-state index in [1.54, 1.807) is 11.8 Å². The van der Waals surface area contributed by atoms with Crippen molar-refractivity contribution in [2.75, 3.05) is 4.90 Å². The van der Waals surface area contributed by atoms with Gasteiger partial charge >= 0.3 is 0 Å². The van der Waals surface area contributed by atoms with E-state index in [0.29, 0.717) is 0 Å². The molecule has 188 valence electrons. The summed E-state index contributed by atoms with van der Waals surface area (Å²) in [5.74, 6) is 0.732. The Morgan fingerprint density at radius 1 is 0.500 bits per heavy atom. The topological polar surface area (TPSA) is 29.0 Å². The molecule has 1 aliphatic rings. The van der Waals surface area contributed by atoms with Gasteiger partial charge < -0.3 is 4.90 Å². The number of anilines is 3. The van der Waals surface area contributed by atoms with Crippen molar-refractivity contribution in [2.45, 2.75) is 9.79 Å². The first-order valence-corrected chi connectivity index (χ1v) is 14.2. The first kappa shape index (κ1) is 23.0. The minimum absolute atomic E-state index is 0.732. The van der Waals surface area contributed by atoms with Crippen LogP contribution in [0.3, 0.4) is 0 Å². The molecule has 0 aliphatic carbocycles. The van der Waals surface area contributed by atoms with Crippen LogP contribution < -0.4 is 4.90 Å². The largest absolute Gasteiger partial charge is 0.308 e. The number of hydrogen-bond acceptors (Lipinski definition) is 4. The van der Waals surface area contributed by atoms with Crippen LogP contribution in [0.2, 0.25) is 0 Å². The second kappa shape index (κ2) is 9.37. The van der Waals surface area contributed by atoms with Crippen LogP contribution >= 0.6 is 11.8 Å². The first-order chi connectivity index (χ1) is 19.8. The smallest absolute Gasteiger partial charge is 0.160 e. The summed E-state index contributed by atoms with van der Waals surface area (Å²) in [5.41, 5.74) is 7.49. The van der Waals surface area contributed by atoms with Crippen LogP contribution in [0.15, 0.2) is 149 Å². The molecule has 3 nitrogen and oxygen atoms in total. The fourth-order valence-corrected chi connectivity index (χ4v) is 6.61. The summed E-state index contributed by atoms with van der Waals surface area (Å²) >= 11 is 1.80. The summed E-state index contributed by atoms with van der Waals surface area (Å²) in [6.45, 7) is 0. The summed E-state index contributed by atoms with van der Waals surface area (Å²) in [7, 11) is 0. The van der Waals surface area contributed by atoms with Crippen molar-refractivity contribution in [3.05, 3.63) is 140 Å². The summed E-state index contributed by atoms with van der Waals surface area (Å²) < 4.78 is 0. The van der Waals surface area contributed by atoms with Crippen LogP contribution in [0.1, 0.15) is 0 Å². The van der Waals surface area contributed by atoms with E-state index < -0.39 is 0 Å². The van der Waals surface area contributed by atoms with Gasteiger partial charge in [0, 0.05) is 32.0 Å². The van der Waals surface area contributed by atoms with Gasteiger partial charge in [-0.1, -0.05) is 96.7 Å². The lowest BCUT2D eigenvalue weighted by atomic mass is 10.0. The van der Waals surface area contributed by atoms with Gasteiger partial charge in [0.05, 0.1) is 22.6 Å². The third kappa shape index (κ3) is 3.84. The Kier molecular flexibility index (Phi) is 5.39. The normalized spacial score (nSPS) is 12.3. The van der Waals surface area contributed by atoms with E-state index in [4.69, 9.17) is 9.97 Å². The van der Waals surface area contributed by atoms with E-state index in [-0.39, 0.29) is 0 Å². The molecule has 0 spiro atoms. The summed E-state index contributed by atoms with van der Waals surface area (Å²) in [5, 5.41) is 3.48. The second-order valence-corrected chi connectivity index (χ2v) is 11.0. The quantitative estimate of drug-likeness (QED) is 0.228. The zero-order valence-electron chi connectivity index (χ0n) is 21.5. The van der Waals surface area contributed by atoms with E-state index in [9.17, 15) is 0 Å². The zero-order chi connectivity index (χ0) is 26.5. The Morgan fingerprint density at radius 2 is 1.23 bits per heavy atom. The molecule has 2 heterocycles. The third-order valence-electron chi connectivity index (χ3n) is 7.43. The molecule has 0 saturated carbocycles. The van der Waals surface area contributed by atoms with Gasteiger partial charge in [-0.25, -0.2) is 9.97 Å².